The summed E-state index contributed by atoms with van der Waals surface area (Å²) < 4.78 is 69.3. The second-order valence-electron chi connectivity index (χ2n) is 8.31. The summed E-state index contributed by atoms with van der Waals surface area (Å²) in [6.45, 7) is 3.03. The second kappa shape index (κ2) is 8.94. The van der Waals surface area contributed by atoms with Crippen LogP contribution in [0.1, 0.15) is 25.0 Å². The summed E-state index contributed by atoms with van der Waals surface area (Å²) >= 11 is 5.47. The molecule has 13 heteroatoms. The fraction of sp³-hybridized carbons (Fsp3) is 0.273. The van der Waals surface area contributed by atoms with E-state index in [2.05, 4.69) is 4.40 Å². The van der Waals surface area contributed by atoms with Crippen molar-refractivity contribution in [1.29, 1.82) is 5.26 Å². The Kier molecular flexibility index (Phi) is 6.67. The molecule has 35 heavy (non-hydrogen) atoms. The molecule has 0 N–H and O–H groups in total. The van der Waals surface area contributed by atoms with E-state index in [0.29, 0.717) is 6.07 Å². The van der Waals surface area contributed by atoms with Crippen LogP contribution in [0.15, 0.2) is 51.8 Å². The highest BCUT2D eigenvalue weighted by molar-refractivity contribution is 7.90. The van der Waals surface area contributed by atoms with Crippen molar-refractivity contribution < 1.29 is 26.4 Å². The van der Waals surface area contributed by atoms with Gasteiger partial charge in [0.15, 0.2) is 5.11 Å². The molecule has 0 atom stereocenters. The summed E-state index contributed by atoms with van der Waals surface area (Å²) in [6.07, 6.45) is -3.70. The molecule has 0 aromatic heterocycles. The summed E-state index contributed by atoms with van der Waals surface area (Å²) in [7, 11) is -0.857. The van der Waals surface area contributed by atoms with E-state index < -0.39 is 38.8 Å². The first kappa shape index (κ1) is 26.1. The van der Waals surface area contributed by atoms with Gasteiger partial charge in [-0.15, -0.1) is 4.40 Å². The van der Waals surface area contributed by atoms with Gasteiger partial charge in [0.25, 0.3) is 15.9 Å². The number of hydrogen-bond acceptors (Lipinski definition) is 5. The quantitative estimate of drug-likeness (QED) is 0.334. The van der Waals surface area contributed by atoms with E-state index in [-0.39, 0.29) is 21.4 Å². The molecule has 8 nitrogen and oxygen atoms in total. The SMILES string of the molecule is CN(C)C=NS(=O)(=O)c1cccc(N2C(=S)N(c3ccc(C#N)c(C(F)(F)F)c3)C(=O)C2(C)C)c1. The van der Waals surface area contributed by atoms with Crippen LogP contribution < -0.4 is 9.80 Å². The molecule has 184 valence electrons. The molecule has 0 radical (unpaired) electrons. The zero-order valence-electron chi connectivity index (χ0n) is 19.0. The van der Waals surface area contributed by atoms with E-state index in [1.807, 2.05) is 0 Å². The number of nitrogens with zero attached hydrogens (tertiary/aromatic N) is 5. The minimum atomic E-state index is -4.82. The van der Waals surface area contributed by atoms with Gasteiger partial charge in [0.2, 0.25) is 0 Å². The van der Waals surface area contributed by atoms with Gasteiger partial charge in [-0.3, -0.25) is 9.69 Å². The lowest BCUT2D eigenvalue weighted by Gasteiger charge is -2.29. The molecule has 0 saturated carbocycles. The Morgan fingerprint density at radius 1 is 1.14 bits per heavy atom. The third kappa shape index (κ3) is 4.85. The number of halogens is 3. The van der Waals surface area contributed by atoms with Crippen LogP contribution in [-0.2, 0) is 21.0 Å². The Hall–Kier alpha value is -3.50. The predicted molar refractivity (Wildman–Crippen MR) is 129 cm³/mol. The first-order chi connectivity index (χ1) is 16.1. The van der Waals surface area contributed by atoms with Gasteiger partial charge in [-0.25, -0.2) is 0 Å². The molecule has 2 aromatic carbocycles. The number of carbonyl (C=O) groups excluding carboxylic acids is 1. The summed E-state index contributed by atoms with van der Waals surface area (Å²) in [5.41, 5.74) is -3.08. The Balaban J connectivity index is 2.10. The number of alkyl halides is 3. The summed E-state index contributed by atoms with van der Waals surface area (Å²) in [5.74, 6) is -0.626. The molecular formula is C22H20F3N5O3S2. The van der Waals surface area contributed by atoms with Gasteiger partial charge in [0.05, 0.1) is 27.8 Å². The fourth-order valence-electron chi connectivity index (χ4n) is 3.46. The van der Waals surface area contributed by atoms with Crippen LogP contribution in [0.3, 0.4) is 0 Å². The predicted octanol–water partition coefficient (Wildman–Crippen LogP) is 3.77. The standard InChI is InChI=1S/C22H20F3N5O3S2/c1-21(2)19(31)29(15-9-8-14(12-26)18(11-15)22(23,24)25)20(34)30(21)16-6-5-7-17(10-16)35(32,33)27-13-28(3)4/h5-11,13H,1-4H3. The van der Waals surface area contributed by atoms with Crippen molar-refractivity contribution in [3.05, 3.63) is 53.6 Å². The smallest absolute Gasteiger partial charge is 0.368 e. The van der Waals surface area contributed by atoms with Gasteiger partial charge in [-0.1, -0.05) is 6.07 Å². The van der Waals surface area contributed by atoms with Gasteiger partial charge in [-0.2, -0.15) is 26.9 Å². The molecule has 1 fully saturated rings. The summed E-state index contributed by atoms with van der Waals surface area (Å²) in [4.78, 5) is 16.9. The van der Waals surface area contributed by atoms with Crippen molar-refractivity contribution in [2.24, 2.45) is 4.40 Å². The maximum Gasteiger partial charge on any atom is 0.417 e. The fourth-order valence-corrected chi connectivity index (χ4v) is 4.94. The van der Waals surface area contributed by atoms with Crippen LogP contribution in [0.2, 0.25) is 0 Å². The molecular weight excluding hydrogens is 503 g/mol. The van der Waals surface area contributed by atoms with E-state index in [1.165, 1.54) is 60.0 Å². The number of sulfonamides is 1. The van der Waals surface area contributed by atoms with Crippen LogP contribution in [0, 0.1) is 11.3 Å². The Morgan fingerprint density at radius 2 is 1.80 bits per heavy atom. The van der Waals surface area contributed by atoms with Crippen LogP contribution in [0.25, 0.3) is 0 Å². The number of thiocarbonyl (C=S) groups is 1. The Bertz CT molecular complexity index is 1380. The van der Waals surface area contributed by atoms with Crippen LogP contribution in [-0.4, -0.2) is 50.3 Å². The maximum absolute atomic E-state index is 13.5. The van der Waals surface area contributed by atoms with Gasteiger partial charge >= 0.3 is 6.18 Å². The van der Waals surface area contributed by atoms with Crippen molar-refractivity contribution in [3.8, 4) is 6.07 Å². The molecule has 2 aromatic rings. The minimum absolute atomic E-state index is 0.149. The Morgan fingerprint density at radius 3 is 2.37 bits per heavy atom. The van der Waals surface area contributed by atoms with Gasteiger partial charge < -0.3 is 9.80 Å². The number of benzene rings is 2. The number of nitriles is 1. The number of anilines is 2. The highest BCUT2D eigenvalue weighted by Crippen LogP contribution is 2.40. The van der Waals surface area contributed by atoms with Crippen molar-refractivity contribution in [2.45, 2.75) is 30.5 Å². The van der Waals surface area contributed by atoms with E-state index in [1.54, 1.807) is 14.1 Å². The second-order valence-corrected chi connectivity index (χ2v) is 10.3. The highest BCUT2D eigenvalue weighted by Gasteiger charge is 2.50. The molecule has 0 bridgehead atoms. The lowest BCUT2D eigenvalue weighted by atomic mass is 10.0. The zero-order chi connectivity index (χ0) is 26.3. The largest absolute Gasteiger partial charge is 0.417 e. The van der Waals surface area contributed by atoms with E-state index in [0.717, 1.165) is 17.3 Å². The van der Waals surface area contributed by atoms with Crippen molar-refractivity contribution in [3.63, 3.8) is 0 Å². The average molecular weight is 524 g/mol. The molecule has 1 aliphatic rings. The Labute approximate surface area is 205 Å². The first-order valence-corrected chi connectivity index (χ1v) is 11.8. The van der Waals surface area contributed by atoms with Gasteiger partial charge in [0.1, 0.15) is 11.9 Å². The van der Waals surface area contributed by atoms with Crippen molar-refractivity contribution in [1.82, 2.24) is 4.90 Å². The molecule has 3 rings (SSSR count). The minimum Gasteiger partial charge on any atom is -0.368 e. The molecule has 0 aliphatic carbocycles. The number of hydrogen-bond donors (Lipinski definition) is 0. The maximum atomic E-state index is 13.5. The van der Waals surface area contributed by atoms with Crippen molar-refractivity contribution >= 4 is 51.0 Å². The molecule has 1 amide bonds. The monoisotopic (exact) mass is 523 g/mol. The topological polar surface area (TPSA) is 97.1 Å². The lowest BCUT2D eigenvalue weighted by molar-refractivity contribution is -0.137. The average Bonchev–Trinajstić information content (AvgIpc) is 2.95. The highest BCUT2D eigenvalue weighted by atomic mass is 32.2. The molecule has 0 spiro atoms. The van der Waals surface area contributed by atoms with Crippen LogP contribution >= 0.6 is 12.2 Å². The van der Waals surface area contributed by atoms with E-state index in [9.17, 15) is 26.4 Å². The third-order valence-electron chi connectivity index (χ3n) is 5.15. The number of amides is 1. The number of carbonyl (C=O) groups is 1. The van der Waals surface area contributed by atoms with Crippen LogP contribution in [0.4, 0.5) is 24.5 Å². The molecule has 0 unspecified atom stereocenters. The van der Waals surface area contributed by atoms with Gasteiger partial charge in [-0.05, 0) is 62.5 Å². The van der Waals surface area contributed by atoms with E-state index >= 15 is 0 Å². The molecule has 1 heterocycles. The zero-order valence-corrected chi connectivity index (χ0v) is 20.7. The molecule has 1 saturated heterocycles. The summed E-state index contributed by atoms with van der Waals surface area (Å²) in [5, 5.41) is 8.90. The molecule has 1 aliphatic heterocycles. The normalized spacial score (nSPS) is 16.2. The lowest BCUT2D eigenvalue weighted by Crippen LogP contribution is -2.44. The first-order valence-electron chi connectivity index (χ1n) is 9.98. The van der Waals surface area contributed by atoms with Gasteiger partial charge in [0, 0.05) is 19.8 Å². The van der Waals surface area contributed by atoms with Crippen LogP contribution in [0.5, 0.6) is 0 Å². The number of rotatable bonds is 5. The third-order valence-corrected chi connectivity index (χ3v) is 6.73. The summed E-state index contributed by atoms with van der Waals surface area (Å²) in [6, 6.07) is 9.95. The van der Waals surface area contributed by atoms with Crippen molar-refractivity contribution in [2.75, 3.05) is 23.9 Å². The van der Waals surface area contributed by atoms with E-state index in [4.69, 9.17) is 17.5 Å².